The molecule has 0 atom stereocenters. The molecule has 7 heteroatoms. The summed E-state index contributed by atoms with van der Waals surface area (Å²) in [4.78, 5) is 26.8. The van der Waals surface area contributed by atoms with Gasteiger partial charge in [0.05, 0.1) is 5.69 Å². The third-order valence-corrected chi connectivity index (χ3v) is 4.34. The minimum atomic E-state index is -0.498. The van der Waals surface area contributed by atoms with Gasteiger partial charge in [-0.25, -0.2) is 0 Å². The second-order valence-electron chi connectivity index (χ2n) is 4.45. The first kappa shape index (κ1) is 14.9. The van der Waals surface area contributed by atoms with E-state index < -0.39 is 11.8 Å². The highest BCUT2D eigenvalue weighted by molar-refractivity contribution is 7.80. The Bertz CT molecular complexity index is 800. The van der Waals surface area contributed by atoms with Gasteiger partial charge in [0.15, 0.2) is 5.11 Å². The number of nitrogens with zero attached hydrogens (tertiary/aromatic N) is 1. The summed E-state index contributed by atoms with van der Waals surface area (Å²) in [6.07, 6.45) is 1.56. The van der Waals surface area contributed by atoms with E-state index in [9.17, 15) is 9.59 Å². The van der Waals surface area contributed by atoms with Gasteiger partial charge < -0.3 is 0 Å². The summed E-state index contributed by atoms with van der Waals surface area (Å²) in [6.45, 7) is 0. The van der Waals surface area contributed by atoms with Crippen LogP contribution in [0.5, 0.6) is 0 Å². The Balaban J connectivity index is 2.03. The van der Waals surface area contributed by atoms with Crippen LogP contribution in [0.2, 0.25) is 5.02 Å². The van der Waals surface area contributed by atoms with E-state index >= 15 is 0 Å². The molecule has 110 valence electrons. The van der Waals surface area contributed by atoms with Gasteiger partial charge in [0, 0.05) is 9.90 Å². The lowest BCUT2D eigenvalue weighted by Gasteiger charge is -2.28. The zero-order valence-electron chi connectivity index (χ0n) is 11.1. The van der Waals surface area contributed by atoms with Crippen molar-refractivity contribution >= 4 is 63.8 Å². The van der Waals surface area contributed by atoms with Crippen LogP contribution in [0, 0.1) is 0 Å². The molecule has 0 bridgehead atoms. The second-order valence-corrected chi connectivity index (χ2v) is 6.26. The minimum Gasteiger partial charge on any atom is -0.298 e. The Morgan fingerprint density at radius 2 is 2.05 bits per heavy atom. The molecule has 1 aliphatic heterocycles. The standard InChI is InChI=1S/C15H9ClN2O2S2/c16-9-3-1-4-10(7-9)18-14(20)12(13(19)17-15(18)21)8-11-5-2-6-22-11/h1-8H,(H,17,19,21)/b12-8+. The number of nitrogens with one attached hydrogen (secondary N) is 1. The molecule has 0 unspecified atom stereocenters. The molecule has 2 amide bonds. The number of amides is 2. The monoisotopic (exact) mass is 348 g/mol. The van der Waals surface area contributed by atoms with Crippen LogP contribution < -0.4 is 10.2 Å². The fourth-order valence-electron chi connectivity index (χ4n) is 2.02. The van der Waals surface area contributed by atoms with Crippen LogP contribution in [-0.4, -0.2) is 16.9 Å². The van der Waals surface area contributed by atoms with Crippen molar-refractivity contribution in [3.05, 3.63) is 57.3 Å². The normalized spacial score (nSPS) is 17.0. The number of thiophene rings is 1. The summed E-state index contributed by atoms with van der Waals surface area (Å²) in [6, 6.07) is 10.4. The summed E-state index contributed by atoms with van der Waals surface area (Å²) in [5.74, 6) is -0.967. The van der Waals surface area contributed by atoms with E-state index in [0.717, 1.165) is 4.88 Å². The largest absolute Gasteiger partial charge is 0.298 e. The van der Waals surface area contributed by atoms with Crippen LogP contribution in [0.25, 0.3) is 6.08 Å². The molecule has 0 radical (unpaired) electrons. The van der Waals surface area contributed by atoms with E-state index in [1.165, 1.54) is 16.2 Å². The zero-order chi connectivity index (χ0) is 15.7. The molecule has 1 saturated heterocycles. The quantitative estimate of drug-likeness (QED) is 0.515. The first-order valence-electron chi connectivity index (χ1n) is 6.27. The van der Waals surface area contributed by atoms with E-state index in [1.54, 1.807) is 30.3 Å². The van der Waals surface area contributed by atoms with Gasteiger partial charge in [0.2, 0.25) is 0 Å². The summed E-state index contributed by atoms with van der Waals surface area (Å²) in [5.41, 5.74) is 0.551. The number of halogens is 1. The second kappa shape index (κ2) is 6.00. The molecule has 2 aromatic rings. The Hall–Kier alpha value is -2.02. The van der Waals surface area contributed by atoms with E-state index in [0.29, 0.717) is 10.7 Å². The number of carbonyl (C=O) groups excluding carboxylic acids is 2. The smallest absolute Gasteiger partial charge is 0.270 e. The van der Waals surface area contributed by atoms with Gasteiger partial charge in [-0.15, -0.1) is 11.3 Å². The Kier molecular flexibility index (Phi) is 4.06. The number of rotatable bonds is 2. The van der Waals surface area contributed by atoms with Gasteiger partial charge in [-0.05, 0) is 47.9 Å². The van der Waals surface area contributed by atoms with Gasteiger partial charge in [-0.1, -0.05) is 23.7 Å². The van der Waals surface area contributed by atoms with Crippen molar-refractivity contribution in [2.45, 2.75) is 0 Å². The number of anilines is 1. The Morgan fingerprint density at radius 3 is 2.73 bits per heavy atom. The topological polar surface area (TPSA) is 49.4 Å². The molecule has 1 aromatic heterocycles. The van der Waals surface area contributed by atoms with E-state index in [1.807, 2.05) is 17.5 Å². The highest BCUT2D eigenvalue weighted by Crippen LogP contribution is 2.25. The van der Waals surface area contributed by atoms with Gasteiger partial charge in [-0.2, -0.15) is 0 Å². The molecular weight excluding hydrogens is 340 g/mol. The fraction of sp³-hybridized carbons (Fsp3) is 0. The van der Waals surface area contributed by atoms with Gasteiger partial charge in [-0.3, -0.25) is 19.8 Å². The zero-order valence-corrected chi connectivity index (χ0v) is 13.5. The molecule has 4 nitrogen and oxygen atoms in total. The lowest BCUT2D eigenvalue weighted by molar-refractivity contribution is -0.122. The third kappa shape index (κ3) is 2.81. The molecule has 1 N–H and O–H groups in total. The molecule has 0 spiro atoms. The molecule has 1 aliphatic rings. The molecular formula is C15H9ClN2O2S2. The number of hydrogen-bond donors (Lipinski definition) is 1. The van der Waals surface area contributed by atoms with Crippen LogP contribution >= 0.6 is 35.2 Å². The lowest BCUT2D eigenvalue weighted by atomic mass is 10.1. The van der Waals surface area contributed by atoms with Crippen LogP contribution in [0.15, 0.2) is 47.4 Å². The lowest BCUT2D eigenvalue weighted by Crippen LogP contribution is -2.54. The number of carbonyl (C=O) groups is 2. The molecule has 2 heterocycles. The summed E-state index contributed by atoms with van der Waals surface area (Å²) in [7, 11) is 0. The van der Waals surface area contributed by atoms with Crippen molar-refractivity contribution in [3.8, 4) is 0 Å². The molecule has 0 saturated carbocycles. The van der Waals surface area contributed by atoms with Gasteiger partial charge in [0.25, 0.3) is 11.8 Å². The van der Waals surface area contributed by atoms with E-state index in [2.05, 4.69) is 5.32 Å². The molecule has 1 aromatic carbocycles. The van der Waals surface area contributed by atoms with Crippen molar-refractivity contribution in [2.24, 2.45) is 0 Å². The number of benzene rings is 1. The average molecular weight is 349 g/mol. The number of hydrogen-bond acceptors (Lipinski definition) is 4. The maximum absolute atomic E-state index is 12.7. The first-order chi connectivity index (χ1) is 10.6. The van der Waals surface area contributed by atoms with Crippen molar-refractivity contribution in [1.82, 2.24) is 5.32 Å². The SMILES string of the molecule is O=C1NC(=S)N(c2cccc(Cl)c2)C(=O)/C1=C/c1cccs1. The molecule has 22 heavy (non-hydrogen) atoms. The van der Waals surface area contributed by atoms with Crippen molar-refractivity contribution in [2.75, 3.05) is 4.90 Å². The fourth-order valence-corrected chi connectivity index (χ4v) is 3.15. The van der Waals surface area contributed by atoms with Crippen molar-refractivity contribution in [1.29, 1.82) is 0 Å². The summed E-state index contributed by atoms with van der Waals surface area (Å²) < 4.78 is 0. The first-order valence-corrected chi connectivity index (χ1v) is 7.93. The third-order valence-electron chi connectivity index (χ3n) is 3.00. The van der Waals surface area contributed by atoms with Gasteiger partial charge in [0.1, 0.15) is 5.57 Å². The Labute approximate surface area is 141 Å². The van der Waals surface area contributed by atoms with Crippen molar-refractivity contribution < 1.29 is 9.59 Å². The van der Waals surface area contributed by atoms with Crippen LogP contribution in [0.4, 0.5) is 5.69 Å². The Morgan fingerprint density at radius 1 is 1.23 bits per heavy atom. The van der Waals surface area contributed by atoms with Crippen LogP contribution in [0.1, 0.15) is 4.88 Å². The average Bonchev–Trinajstić information content (AvgIpc) is 2.96. The summed E-state index contributed by atoms with van der Waals surface area (Å²) in [5, 5.41) is 4.93. The van der Waals surface area contributed by atoms with E-state index in [4.69, 9.17) is 23.8 Å². The van der Waals surface area contributed by atoms with Crippen molar-refractivity contribution in [3.63, 3.8) is 0 Å². The van der Waals surface area contributed by atoms with Gasteiger partial charge >= 0.3 is 0 Å². The van der Waals surface area contributed by atoms with Crippen LogP contribution in [0.3, 0.4) is 0 Å². The van der Waals surface area contributed by atoms with E-state index in [-0.39, 0.29) is 10.7 Å². The molecule has 0 aliphatic carbocycles. The number of thiocarbonyl (C=S) groups is 1. The minimum absolute atomic E-state index is 0.0380. The highest BCUT2D eigenvalue weighted by atomic mass is 35.5. The summed E-state index contributed by atoms with van der Waals surface area (Å²) >= 11 is 12.5. The molecule has 1 fully saturated rings. The predicted molar refractivity (Wildman–Crippen MR) is 92.0 cm³/mol. The maximum Gasteiger partial charge on any atom is 0.270 e. The molecule has 3 rings (SSSR count). The maximum atomic E-state index is 12.7. The van der Waals surface area contributed by atoms with Crippen LogP contribution in [-0.2, 0) is 9.59 Å². The highest BCUT2D eigenvalue weighted by Gasteiger charge is 2.34. The predicted octanol–water partition coefficient (Wildman–Crippen LogP) is 3.23.